The molecule has 5 atom stereocenters. The number of nitrogens with zero attached hydrogens (tertiary/aromatic N) is 1. The SMILES string of the molecule is CC1C(NC(=O)c2coc(C3CCCN3)n2)CC2CC1C2(C)C. The Labute approximate surface area is 137 Å². The van der Waals surface area contributed by atoms with Crippen LogP contribution in [0, 0.1) is 23.2 Å². The minimum atomic E-state index is -0.0889. The molecule has 126 valence electrons. The molecule has 4 aliphatic rings. The predicted octanol–water partition coefficient (Wildman–Crippen LogP) is 2.90. The molecule has 1 aliphatic heterocycles. The smallest absolute Gasteiger partial charge is 0.273 e. The van der Waals surface area contributed by atoms with Gasteiger partial charge in [0.15, 0.2) is 5.69 Å². The fourth-order valence-corrected chi connectivity index (χ4v) is 5.03. The highest BCUT2D eigenvalue weighted by Crippen LogP contribution is 2.61. The summed E-state index contributed by atoms with van der Waals surface area (Å²) >= 11 is 0. The van der Waals surface area contributed by atoms with E-state index in [4.69, 9.17) is 4.42 Å². The van der Waals surface area contributed by atoms with Gasteiger partial charge in [0.25, 0.3) is 5.91 Å². The van der Waals surface area contributed by atoms with Crippen molar-refractivity contribution >= 4 is 5.91 Å². The van der Waals surface area contributed by atoms with E-state index in [2.05, 4.69) is 36.4 Å². The lowest BCUT2D eigenvalue weighted by Crippen LogP contribution is -2.60. The Morgan fingerprint density at radius 1 is 1.43 bits per heavy atom. The van der Waals surface area contributed by atoms with Crippen LogP contribution in [-0.2, 0) is 0 Å². The number of amides is 1. The van der Waals surface area contributed by atoms with Gasteiger partial charge in [-0.15, -0.1) is 0 Å². The molecule has 1 aromatic rings. The Kier molecular flexibility index (Phi) is 3.52. The summed E-state index contributed by atoms with van der Waals surface area (Å²) in [5.41, 5.74) is 0.856. The highest BCUT2D eigenvalue weighted by atomic mass is 16.3. The summed E-state index contributed by atoms with van der Waals surface area (Å²) in [7, 11) is 0. The highest BCUT2D eigenvalue weighted by Gasteiger charge is 2.56. The number of carbonyl (C=O) groups excluding carboxylic acids is 1. The molecule has 0 radical (unpaired) electrons. The Hall–Kier alpha value is -1.36. The topological polar surface area (TPSA) is 67.2 Å². The van der Waals surface area contributed by atoms with Gasteiger partial charge in [0.1, 0.15) is 6.26 Å². The lowest BCUT2D eigenvalue weighted by Gasteiger charge is -2.62. The molecule has 1 amide bonds. The molecule has 1 aromatic heterocycles. The van der Waals surface area contributed by atoms with Gasteiger partial charge in [-0.1, -0.05) is 20.8 Å². The average Bonchev–Trinajstić information content (AvgIpc) is 3.19. The molecule has 2 bridgehead atoms. The second-order valence-electron chi connectivity index (χ2n) is 8.26. The van der Waals surface area contributed by atoms with Gasteiger partial charge in [-0.25, -0.2) is 4.98 Å². The largest absolute Gasteiger partial charge is 0.446 e. The lowest BCUT2D eigenvalue weighted by atomic mass is 9.45. The van der Waals surface area contributed by atoms with Crippen LogP contribution in [0.5, 0.6) is 0 Å². The van der Waals surface area contributed by atoms with E-state index in [0.29, 0.717) is 22.9 Å². The maximum absolute atomic E-state index is 12.5. The van der Waals surface area contributed by atoms with Gasteiger partial charge in [0.2, 0.25) is 5.89 Å². The van der Waals surface area contributed by atoms with Crippen LogP contribution in [-0.4, -0.2) is 23.5 Å². The molecule has 5 heteroatoms. The maximum Gasteiger partial charge on any atom is 0.273 e. The Morgan fingerprint density at radius 3 is 2.91 bits per heavy atom. The van der Waals surface area contributed by atoms with Crippen LogP contribution in [0.15, 0.2) is 10.7 Å². The molecule has 5 unspecified atom stereocenters. The number of rotatable bonds is 3. The predicted molar refractivity (Wildman–Crippen MR) is 86.9 cm³/mol. The van der Waals surface area contributed by atoms with E-state index >= 15 is 0 Å². The Balaban J connectivity index is 1.41. The monoisotopic (exact) mass is 317 g/mol. The molecular formula is C18H27N3O2. The van der Waals surface area contributed by atoms with Crippen molar-refractivity contribution in [2.45, 2.75) is 58.5 Å². The van der Waals surface area contributed by atoms with Gasteiger partial charge in [-0.3, -0.25) is 4.79 Å². The van der Waals surface area contributed by atoms with Crippen LogP contribution in [0.4, 0.5) is 0 Å². The minimum Gasteiger partial charge on any atom is -0.446 e. The third-order valence-electron chi connectivity index (χ3n) is 6.78. The fraction of sp³-hybridized carbons (Fsp3) is 0.778. The number of nitrogens with one attached hydrogen (secondary N) is 2. The Bertz CT molecular complexity index is 603. The lowest BCUT2D eigenvalue weighted by molar-refractivity contribution is -0.113. The molecule has 0 spiro atoms. The third-order valence-corrected chi connectivity index (χ3v) is 6.78. The van der Waals surface area contributed by atoms with E-state index in [1.807, 2.05) is 0 Å². The Morgan fingerprint density at radius 2 is 2.26 bits per heavy atom. The van der Waals surface area contributed by atoms with Gasteiger partial charge in [-0.2, -0.15) is 0 Å². The number of oxazole rings is 1. The molecule has 4 fully saturated rings. The summed E-state index contributed by atoms with van der Waals surface area (Å²) in [4.78, 5) is 16.9. The van der Waals surface area contributed by atoms with E-state index in [9.17, 15) is 4.79 Å². The van der Waals surface area contributed by atoms with Crippen molar-refractivity contribution in [1.82, 2.24) is 15.6 Å². The molecule has 23 heavy (non-hydrogen) atoms. The minimum absolute atomic E-state index is 0.0889. The summed E-state index contributed by atoms with van der Waals surface area (Å²) in [6.45, 7) is 8.02. The van der Waals surface area contributed by atoms with E-state index in [1.54, 1.807) is 0 Å². The van der Waals surface area contributed by atoms with Crippen molar-refractivity contribution in [3.05, 3.63) is 17.8 Å². The van der Waals surface area contributed by atoms with Gasteiger partial charge in [0.05, 0.1) is 6.04 Å². The zero-order valence-corrected chi connectivity index (χ0v) is 14.3. The van der Waals surface area contributed by atoms with Crippen LogP contribution in [0.1, 0.15) is 68.9 Å². The maximum atomic E-state index is 12.5. The fourth-order valence-electron chi connectivity index (χ4n) is 5.03. The van der Waals surface area contributed by atoms with Crippen LogP contribution >= 0.6 is 0 Å². The highest BCUT2D eigenvalue weighted by molar-refractivity contribution is 5.92. The molecule has 2 heterocycles. The molecule has 1 saturated heterocycles. The first-order valence-corrected chi connectivity index (χ1v) is 8.96. The third kappa shape index (κ3) is 2.40. The first-order valence-electron chi connectivity index (χ1n) is 8.96. The summed E-state index contributed by atoms with van der Waals surface area (Å²) in [5, 5.41) is 6.55. The van der Waals surface area contributed by atoms with Crippen molar-refractivity contribution < 1.29 is 9.21 Å². The van der Waals surface area contributed by atoms with Crippen molar-refractivity contribution in [3.63, 3.8) is 0 Å². The van der Waals surface area contributed by atoms with Crippen LogP contribution in [0.2, 0.25) is 0 Å². The van der Waals surface area contributed by atoms with E-state index in [-0.39, 0.29) is 18.0 Å². The molecule has 3 saturated carbocycles. The zero-order chi connectivity index (χ0) is 16.2. The average molecular weight is 317 g/mol. The number of aromatic nitrogens is 1. The number of fused-ring (bicyclic) bond motifs is 2. The van der Waals surface area contributed by atoms with Gasteiger partial charge in [0, 0.05) is 6.04 Å². The first-order chi connectivity index (χ1) is 11.0. The molecule has 0 aromatic carbocycles. The van der Waals surface area contributed by atoms with Crippen LogP contribution in [0.3, 0.4) is 0 Å². The molecule has 5 nitrogen and oxygen atoms in total. The van der Waals surface area contributed by atoms with Crippen molar-refractivity contribution in [1.29, 1.82) is 0 Å². The molecular weight excluding hydrogens is 290 g/mol. The van der Waals surface area contributed by atoms with Crippen molar-refractivity contribution in [2.75, 3.05) is 6.54 Å². The normalized spacial score (nSPS) is 38.1. The summed E-state index contributed by atoms with van der Waals surface area (Å²) < 4.78 is 5.51. The summed E-state index contributed by atoms with van der Waals surface area (Å²) in [6.07, 6.45) is 6.07. The van der Waals surface area contributed by atoms with Crippen LogP contribution in [0.25, 0.3) is 0 Å². The van der Waals surface area contributed by atoms with Crippen molar-refractivity contribution in [3.8, 4) is 0 Å². The van der Waals surface area contributed by atoms with Gasteiger partial charge < -0.3 is 15.1 Å². The second-order valence-corrected chi connectivity index (χ2v) is 8.26. The number of carbonyl (C=O) groups is 1. The zero-order valence-electron chi connectivity index (χ0n) is 14.3. The van der Waals surface area contributed by atoms with E-state index in [1.165, 1.54) is 12.7 Å². The van der Waals surface area contributed by atoms with Gasteiger partial charge >= 0.3 is 0 Å². The van der Waals surface area contributed by atoms with Crippen molar-refractivity contribution in [2.24, 2.45) is 23.2 Å². The van der Waals surface area contributed by atoms with Gasteiger partial charge in [-0.05, 0) is 55.4 Å². The number of hydrogen-bond acceptors (Lipinski definition) is 4. The summed E-state index contributed by atoms with van der Waals surface area (Å²) in [6, 6.07) is 0.433. The van der Waals surface area contributed by atoms with E-state index < -0.39 is 0 Å². The molecule has 5 rings (SSSR count). The second kappa shape index (κ2) is 5.33. The standard InChI is InChI=1S/C18H27N3O2/c1-10-12-7-11(18(12,2)3)8-14(10)20-16(22)15-9-23-17(21-15)13-5-4-6-19-13/h9-14,19H,4-8H2,1-3H3,(H,20,22). The van der Waals surface area contributed by atoms with E-state index in [0.717, 1.165) is 37.6 Å². The molecule has 2 N–H and O–H groups in total. The summed E-state index contributed by atoms with van der Waals surface area (Å²) in [5.74, 6) is 2.55. The molecule has 3 aliphatic carbocycles. The van der Waals surface area contributed by atoms with Crippen LogP contribution < -0.4 is 10.6 Å². The number of hydrogen-bond donors (Lipinski definition) is 2. The first kappa shape index (κ1) is 15.2. The quantitative estimate of drug-likeness (QED) is 0.899.